The first-order valence-electron chi connectivity index (χ1n) is 12.0. The Morgan fingerprint density at radius 1 is 1.13 bits per heavy atom. The van der Waals surface area contributed by atoms with Gasteiger partial charge in [-0.05, 0) is 61.7 Å². The summed E-state index contributed by atoms with van der Waals surface area (Å²) < 4.78 is 67.7. The highest BCUT2D eigenvalue weighted by Crippen LogP contribution is 2.51. The Morgan fingerprint density at radius 3 is 2.26 bits per heavy atom. The Labute approximate surface area is 229 Å². The summed E-state index contributed by atoms with van der Waals surface area (Å²) in [5, 5.41) is 9.52. The average Bonchev–Trinajstić information content (AvgIpc) is 3.25. The van der Waals surface area contributed by atoms with Gasteiger partial charge in [-0.3, -0.25) is 4.57 Å². The Hall–Kier alpha value is -2.60. The highest BCUT2D eigenvalue weighted by molar-refractivity contribution is 7.92. The van der Waals surface area contributed by atoms with Crippen LogP contribution in [0.15, 0.2) is 34.5 Å². The van der Waals surface area contributed by atoms with E-state index in [4.69, 9.17) is 26.2 Å². The molecule has 11 nitrogen and oxygen atoms in total. The summed E-state index contributed by atoms with van der Waals surface area (Å²) in [6.07, 6.45) is 1.46. The average molecular weight is 601 g/mol. The monoisotopic (exact) mass is 600 g/mol. The topological polar surface area (TPSA) is 198 Å². The van der Waals surface area contributed by atoms with Crippen LogP contribution in [0, 0.1) is 17.1 Å². The summed E-state index contributed by atoms with van der Waals surface area (Å²) in [5.41, 5.74) is 10.9. The number of nitrogens with one attached hydrogen (secondary N) is 1. The third-order valence-corrected chi connectivity index (χ3v) is 10.1. The van der Waals surface area contributed by atoms with Crippen LogP contribution in [-0.4, -0.2) is 44.5 Å². The van der Waals surface area contributed by atoms with Crippen molar-refractivity contribution in [3.05, 3.63) is 52.8 Å². The fraction of sp³-hybridized carbons (Fsp3) is 0.375. The number of hydrogen-bond acceptors (Lipinski definition) is 9. The van der Waals surface area contributed by atoms with Crippen LogP contribution in [0.4, 0.5) is 4.39 Å². The number of rotatable bonds is 14. The van der Waals surface area contributed by atoms with Crippen molar-refractivity contribution in [1.29, 1.82) is 5.26 Å². The first-order chi connectivity index (χ1) is 18.5. The van der Waals surface area contributed by atoms with Gasteiger partial charge in [-0.2, -0.15) is 9.98 Å². The van der Waals surface area contributed by atoms with Gasteiger partial charge >= 0.3 is 7.60 Å². The number of ether oxygens (including phenoxy) is 2. The maximum absolute atomic E-state index is 14.2. The van der Waals surface area contributed by atoms with Crippen molar-refractivity contribution in [3.8, 4) is 17.6 Å². The molecule has 15 heteroatoms. The van der Waals surface area contributed by atoms with Crippen LogP contribution >= 0.6 is 18.9 Å². The molecular formula is C24H30FN4O7PS2. The van der Waals surface area contributed by atoms with Crippen molar-refractivity contribution < 1.29 is 36.6 Å². The fourth-order valence-corrected chi connectivity index (χ4v) is 8.28. The third-order valence-electron chi connectivity index (χ3n) is 5.66. The van der Waals surface area contributed by atoms with Gasteiger partial charge in [-0.25, -0.2) is 12.8 Å². The molecule has 212 valence electrons. The van der Waals surface area contributed by atoms with Crippen molar-refractivity contribution in [3.63, 3.8) is 0 Å². The smallest absolute Gasteiger partial charge is 0.347 e. The molecule has 1 heterocycles. The Balaban J connectivity index is 2.09. The van der Waals surface area contributed by atoms with Gasteiger partial charge in [0.25, 0.3) is 10.0 Å². The second-order valence-electron chi connectivity index (χ2n) is 8.46. The van der Waals surface area contributed by atoms with E-state index in [0.29, 0.717) is 66.3 Å². The summed E-state index contributed by atoms with van der Waals surface area (Å²) in [6.45, 7) is 3.22. The minimum absolute atomic E-state index is 0.153. The maximum atomic E-state index is 14.2. The van der Waals surface area contributed by atoms with E-state index in [-0.39, 0.29) is 21.8 Å². The molecule has 0 amide bonds. The summed E-state index contributed by atoms with van der Waals surface area (Å²) in [7, 11) is -9.68. The molecular weight excluding hydrogens is 570 g/mol. The standard InChI is InChI=1S/C24H30FN4O7PS2/c1-2-17-18-12-20(35-9-3-7-26)21(36-10-4-8-27)13-22(18)38-24(17)39(33,34)29-23(37(30,31)32)15-5-6-16(14-28)19(25)11-15/h5-6,11-13,23,29H,2-4,7-10,26-27H2,1H3,(H2,30,31,32). The molecule has 39 heavy (non-hydrogen) atoms. The highest BCUT2D eigenvalue weighted by atomic mass is 32.2. The van der Waals surface area contributed by atoms with E-state index in [9.17, 15) is 27.2 Å². The molecule has 1 unspecified atom stereocenters. The molecule has 0 aliphatic heterocycles. The molecule has 3 aromatic rings. The lowest BCUT2D eigenvalue weighted by Gasteiger charge is -2.20. The molecule has 1 atom stereocenters. The Bertz CT molecular complexity index is 1520. The number of hydrogen-bond donors (Lipinski definition) is 5. The molecule has 7 N–H and O–H groups in total. The van der Waals surface area contributed by atoms with Crippen LogP contribution in [0.1, 0.15) is 42.2 Å². The van der Waals surface area contributed by atoms with Gasteiger partial charge in [-0.15, -0.1) is 11.3 Å². The van der Waals surface area contributed by atoms with Gasteiger partial charge in [0.15, 0.2) is 11.5 Å². The van der Waals surface area contributed by atoms with Crippen LogP contribution in [0.5, 0.6) is 11.5 Å². The molecule has 0 saturated carbocycles. The van der Waals surface area contributed by atoms with Crippen molar-refractivity contribution in [2.24, 2.45) is 11.5 Å². The maximum Gasteiger partial charge on any atom is 0.347 e. The lowest BCUT2D eigenvalue weighted by molar-refractivity contribution is 0.266. The lowest BCUT2D eigenvalue weighted by atomic mass is 10.1. The number of sulfonamides is 1. The number of nitriles is 1. The zero-order chi connectivity index (χ0) is 28.8. The number of thiophene rings is 1. The minimum atomic E-state index is -5.16. The lowest BCUT2D eigenvalue weighted by Crippen LogP contribution is -2.29. The first kappa shape index (κ1) is 30.9. The molecule has 0 radical (unpaired) electrons. The second-order valence-corrected chi connectivity index (χ2v) is 13.1. The predicted octanol–water partition coefficient (Wildman–Crippen LogP) is 3.08. The second kappa shape index (κ2) is 13.2. The summed E-state index contributed by atoms with van der Waals surface area (Å²) in [6, 6.07) is 7.78. The molecule has 2 aromatic carbocycles. The van der Waals surface area contributed by atoms with Crippen molar-refractivity contribution in [2.45, 2.75) is 36.2 Å². The Kier molecular flexibility index (Phi) is 10.4. The molecule has 1 aromatic heterocycles. The molecule has 0 aliphatic rings. The van der Waals surface area contributed by atoms with E-state index < -0.39 is 29.2 Å². The SMILES string of the molecule is CCc1c(S(=O)(=O)NC(c2ccc(C#N)c(F)c2)P(=O)(O)O)sc2cc(OCCCN)c(OCCCN)cc12. The first-order valence-corrected chi connectivity index (χ1v) is 16.0. The van der Waals surface area contributed by atoms with E-state index >= 15 is 0 Å². The van der Waals surface area contributed by atoms with E-state index in [1.54, 1.807) is 25.1 Å². The van der Waals surface area contributed by atoms with Gasteiger partial charge in [0, 0.05) is 16.2 Å². The van der Waals surface area contributed by atoms with Crippen LogP contribution in [-0.2, 0) is 21.0 Å². The molecule has 0 fully saturated rings. The number of benzene rings is 2. The number of aryl methyl sites for hydroxylation is 1. The fourth-order valence-electron chi connectivity index (χ4n) is 3.76. The van der Waals surface area contributed by atoms with Gasteiger partial charge in [0.1, 0.15) is 21.9 Å². The molecule has 0 spiro atoms. The summed E-state index contributed by atoms with van der Waals surface area (Å²) >= 11 is 0.902. The third kappa shape index (κ3) is 7.33. The highest BCUT2D eigenvalue weighted by Gasteiger charge is 2.37. The van der Waals surface area contributed by atoms with Crippen molar-refractivity contribution in [1.82, 2.24) is 4.72 Å². The number of fused-ring (bicyclic) bond motifs is 1. The predicted molar refractivity (Wildman–Crippen MR) is 146 cm³/mol. The number of nitrogens with two attached hydrogens (primary N) is 2. The summed E-state index contributed by atoms with van der Waals surface area (Å²) in [4.78, 5) is 19.9. The van der Waals surface area contributed by atoms with Crippen LogP contribution < -0.4 is 25.7 Å². The minimum Gasteiger partial charge on any atom is -0.490 e. The van der Waals surface area contributed by atoms with Crippen LogP contribution in [0.3, 0.4) is 0 Å². The largest absolute Gasteiger partial charge is 0.490 e. The van der Waals surface area contributed by atoms with E-state index in [0.717, 1.165) is 29.5 Å². The van der Waals surface area contributed by atoms with Gasteiger partial charge in [0.2, 0.25) is 0 Å². The van der Waals surface area contributed by atoms with Gasteiger partial charge < -0.3 is 30.7 Å². The normalized spacial score (nSPS) is 12.8. The van der Waals surface area contributed by atoms with Gasteiger partial charge in [0.05, 0.1) is 18.8 Å². The van der Waals surface area contributed by atoms with E-state index in [2.05, 4.69) is 4.72 Å². The number of halogens is 1. The zero-order valence-corrected chi connectivity index (χ0v) is 23.6. The zero-order valence-electron chi connectivity index (χ0n) is 21.1. The van der Waals surface area contributed by atoms with Crippen molar-refractivity contribution >= 4 is 39.0 Å². The molecule has 0 saturated heterocycles. The Morgan fingerprint density at radius 2 is 1.74 bits per heavy atom. The van der Waals surface area contributed by atoms with E-state index in [1.807, 2.05) is 0 Å². The summed E-state index contributed by atoms with van der Waals surface area (Å²) in [5.74, 6) is -2.31. The molecule has 3 rings (SSSR count). The van der Waals surface area contributed by atoms with Crippen LogP contribution in [0.2, 0.25) is 0 Å². The van der Waals surface area contributed by atoms with Crippen LogP contribution in [0.25, 0.3) is 10.1 Å². The molecule has 0 bridgehead atoms. The van der Waals surface area contributed by atoms with Crippen molar-refractivity contribution in [2.75, 3.05) is 26.3 Å². The quantitative estimate of drug-likeness (QED) is 0.135. The van der Waals surface area contributed by atoms with E-state index in [1.165, 1.54) is 0 Å². The molecule has 0 aliphatic carbocycles. The van der Waals surface area contributed by atoms with Gasteiger partial charge in [-0.1, -0.05) is 13.0 Å². The number of nitrogens with zero attached hydrogens (tertiary/aromatic N) is 1.